The van der Waals surface area contributed by atoms with Crippen molar-refractivity contribution in [2.45, 2.75) is 81.7 Å². The summed E-state index contributed by atoms with van der Waals surface area (Å²) in [5, 5.41) is 17.8. The summed E-state index contributed by atoms with van der Waals surface area (Å²) in [7, 11) is 0. The van der Waals surface area contributed by atoms with Gasteiger partial charge in [-0.3, -0.25) is 4.79 Å². The summed E-state index contributed by atoms with van der Waals surface area (Å²) in [5.41, 5.74) is 2.69. The molecule has 194 valence electrons. The molecule has 4 atom stereocenters. The minimum absolute atomic E-state index is 0.0521. The molecule has 10 nitrogen and oxygen atoms in total. The number of urea groups is 1. The smallest absolute Gasteiger partial charge is 0.315 e. The van der Waals surface area contributed by atoms with Crippen LogP contribution in [0.15, 0.2) is 30.5 Å². The van der Waals surface area contributed by atoms with Crippen molar-refractivity contribution in [3.63, 3.8) is 0 Å². The van der Waals surface area contributed by atoms with Crippen LogP contribution >= 0.6 is 11.8 Å². The summed E-state index contributed by atoms with van der Waals surface area (Å²) in [5.74, 6) is 1.03. The summed E-state index contributed by atoms with van der Waals surface area (Å²) >= 11 is 1.91. The van der Waals surface area contributed by atoms with Gasteiger partial charge in [0.15, 0.2) is 6.29 Å². The van der Waals surface area contributed by atoms with Gasteiger partial charge >= 0.3 is 6.03 Å². The van der Waals surface area contributed by atoms with Gasteiger partial charge < -0.3 is 25.4 Å². The van der Waals surface area contributed by atoms with Crippen molar-refractivity contribution in [2.75, 3.05) is 12.4 Å². The third-order valence-corrected chi connectivity index (χ3v) is 8.38. The molecule has 3 fully saturated rings. The van der Waals surface area contributed by atoms with Crippen LogP contribution in [0.1, 0.15) is 56.2 Å². The fourth-order valence-corrected chi connectivity index (χ4v) is 6.38. The zero-order valence-corrected chi connectivity index (χ0v) is 21.2. The lowest BCUT2D eigenvalue weighted by molar-refractivity contribution is -0.169. The van der Waals surface area contributed by atoms with E-state index in [4.69, 9.17) is 9.47 Å². The monoisotopic (exact) mass is 514 g/mol. The number of nitrogens with zero attached hydrogens (tertiary/aromatic N) is 3. The first-order valence-electron chi connectivity index (χ1n) is 12.8. The third kappa shape index (κ3) is 6.57. The molecule has 1 aromatic heterocycles. The Morgan fingerprint density at radius 3 is 2.94 bits per heavy atom. The molecule has 0 aliphatic carbocycles. The molecule has 0 radical (unpaired) electrons. The first kappa shape index (κ1) is 25.0. The molecule has 2 aromatic rings. The highest BCUT2D eigenvalue weighted by Crippen LogP contribution is 2.33. The average molecular weight is 515 g/mol. The number of rotatable bonds is 11. The average Bonchev–Trinajstić information content (AvgIpc) is 3.62. The number of hydrogen-bond acceptors (Lipinski definition) is 7. The number of benzene rings is 1. The van der Waals surface area contributed by atoms with Gasteiger partial charge in [0.2, 0.25) is 5.91 Å². The summed E-state index contributed by atoms with van der Waals surface area (Å²) in [4.78, 5) is 23.8. The molecule has 36 heavy (non-hydrogen) atoms. The van der Waals surface area contributed by atoms with Crippen LogP contribution in [0.4, 0.5) is 4.79 Å². The van der Waals surface area contributed by atoms with Crippen LogP contribution in [0.3, 0.4) is 0 Å². The third-order valence-electron chi connectivity index (χ3n) is 6.87. The van der Waals surface area contributed by atoms with E-state index in [1.54, 1.807) is 4.68 Å². The van der Waals surface area contributed by atoms with Crippen LogP contribution in [-0.4, -0.2) is 62.9 Å². The summed E-state index contributed by atoms with van der Waals surface area (Å²) in [6.07, 6.45) is 8.24. The molecule has 1 unspecified atom stereocenters. The minimum Gasteiger partial charge on any atom is -0.353 e. The highest BCUT2D eigenvalue weighted by molar-refractivity contribution is 8.00. The lowest BCUT2D eigenvalue weighted by Crippen LogP contribution is -2.36. The SMILES string of the molecule is O=C(CCCC[C@@H]1SC[C@@H]2NC(=O)N[C@@H]21)NCc1ccc(-n2cc(COC3CCCCO3)nn2)cc1. The largest absolute Gasteiger partial charge is 0.353 e. The first-order valence-corrected chi connectivity index (χ1v) is 13.9. The molecule has 5 rings (SSSR count). The predicted molar refractivity (Wildman–Crippen MR) is 136 cm³/mol. The Kier molecular flexibility index (Phi) is 8.40. The highest BCUT2D eigenvalue weighted by Gasteiger charge is 2.42. The predicted octanol–water partition coefficient (Wildman–Crippen LogP) is 2.65. The molecule has 3 aliphatic rings. The van der Waals surface area contributed by atoms with E-state index in [1.807, 2.05) is 42.2 Å². The van der Waals surface area contributed by atoms with Crippen LogP contribution in [-0.2, 0) is 27.4 Å². The van der Waals surface area contributed by atoms with Crippen LogP contribution in [0.25, 0.3) is 5.69 Å². The Balaban J connectivity index is 0.987. The summed E-state index contributed by atoms with van der Waals surface area (Å²) in [6, 6.07) is 8.34. The molecule has 0 saturated carbocycles. The topological polar surface area (TPSA) is 119 Å². The Hall–Kier alpha value is -2.63. The Bertz CT molecular complexity index is 1030. The standard InChI is InChI=1S/C25H34N6O4S/c32-22(6-2-1-5-21-24-20(16-36-21)27-25(33)28-24)26-13-17-8-10-19(11-9-17)31-14-18(29-30-31)15-35-23-7-3-4-12-34-23/h8-11,14,20-21,23-24H,1-7,12-13,15-16H2,(H,26,32)(H2,27,28,33)/t20-,21-,23?,24-/m0/s1. The molecule has 4 heterocycles. The Labute approximate surface area is 215 Å². The molecule has 11 heteroatoms. The molecule has 1 aromatic carbocycles. The lowest BCUT2D eigenvalue weighted by Gasteiger charge is -2.22. The van der Waals surface area contributed by atoms with Gasteiger partial charge in [-0.1, -0.05) is 23.8 Å². The van der Waals surface area contributed by atoms with Crippen molar-refractivity contribution in [1.29, 1.82) is 0 Å². The molecule has 3 aliphatic heterocycles. The number of carbonyl (C=O) groups is 2. The number of carbonyl (C=O) groups excluding carboxylic acids is 2. The molecule has 0 spiro atoms. The van der Waals surface area contributed by atoms with E-state index in [0.29, 0.717) is 24.8 Å². The van der Waals surface area contributed by atoms with Crippen molar-refractivity contribution in [3.05, 3.63) is 41.7 Å². The highest BCUT2D eigenvalue weighted by atomic mass is 32.2. The van der Waals surface area contributed by atoms with Gasteiger partial charge in [-0.15, -0.1) is 5.10 Å². The van der Waals surface area contributed by atoms with Gasteiger partial charge in [0.05, 0.1) is 30.6 Å². The van der Waals surface area contributed by atoms with E-state index >= 15 is 0 Å². The second-order valence-corrected chi connectivity index (χ2v) is 10.8. The minimum atomic E-state index is -0.147. The number of amides is 3. The number of ether oxygens (including phenoxy) is 2. The number of unbranched alkanes of at least 4 members (excludes halogenated alkanes) is 1. The van der Waals surface area contributed by atoms with Crippen LogP contribution in [0.5, 0.6) is 0 Å². The van der Waals surface area contributed by atoms with E-state index in [1.165, 1.54) is 0 Å². The summed E-state index contributed by atoms with van der Waals surface area (Å²) < 4.78 is 13.1. The number of hydrogen-bond donors (Lipinski definition) is 3. The first-order chi connectivity index (χ1) is 17.6. The van der Waals surface area contributed by atoms with E-state index in [2.05, 4.69) is 26.3 Å². The maximum absolute atomic E-state index is 12.3. The molecule has 3 N–H and O–H groups in total. The van der Waals surface area contributed by atoms with E-state index in [0.717, 1.165) is 67.8 Å². The van der Waals surface area contributed by atoms with E-state index in [-0.39, 0.29) is 30.3 Å². The van der Waals surface area contributed by atoms with Gasteiger partial charge in [0.25, 0.3) is 0 Å². The maximum Gasteiger partial charge on any atom is 0.315 e. The lowest BCUT2D eigenvalue weighted by atomic mass is 10.0. The van der Waals surface area contributed by atoms with Crippen molar-refractivity contribution < 1.29 is 19.1 Å². The van der Waals surface area contributed by atoms with Gasteiger partial charge in [-0.2, -0.15) is 11.8 Å². The van der Waals surface area contributed by atoms with Gasteiger partial charge in [0, 0.05) is 30.6 Å². The van der Waals surface area contributed by atoms with E-state index < -0.39 is 0 Å². The van der Waals surface area contributed by atoms with Crippen molar-refractivity contribution >= 4 is 23.7 Å². The van der Waals surface area contributed by atoms with Crippen LogP contribution < -0.4 is 16.0 Å². The number of thioether (sulfide) groups is 1. The fraction of sp³-hybridized carbons (Fsp3) is 0.600. The Morgan fingerprint density at radius 2 is 2.11 bits per heavy atom. The maximum atomic E-state index is 12.3. The summed E-state index contributed by atoms with van der Waals surface area (Å²) in [6.45, 7) is 1.63. The van der Waals surface area contributed by atoms with Crippen LogP contribution in [0.2, 0.25) is 0 Å². The molecule has 3 amide bonds. The fourth-order valence-electron chi connectivity index (χ4n) is 4.84. The quantitative estimate of drug-likeness (QED) is 0.312. The van der Waals surface area contributed by atoms with Gasteiger partial charge in [0.1, 0.15) is 5.69 Å². The Morgan fingerprint density at radius 1 is 1.22 bits per heavy atom. The van der Waals surface area contributed by atoms with Gasteiger partial charge in [-0.05, 0) is 49.8 Å². The molecular formula is C25H34N6O4S. The molecule has 3 saturated heterocycles. The van der Waals surface area contributed by atoms with Crippen LogP contribution in [0, 0.1) is 0 Å². The zero-order chi connectivity index (χ0) is 24.7. The van der Waals surface area contributed by atoms with Crippen molar-refractivity contribution in [1.82, 2.24) is 30.9 Å². The zero-order valence-electron chi connectivity index (χ0n) is 20.4. The normalized spacial score (nSPS) is 25.3. The second kappa shape index (κ2) is 12.1. The molecular weight excluding hydrogens is 480 g/mol. The number of fused-ring (bicyclic) bond motifs is 1. The van der Waals surface area contributed by atoms with E-state index in [9.17, 15) is 9.59 Å². The van der Waals surface area contributed by atoms with Gasteiger partial charge in [-0.25, -0.2) is 9.48 Å². The number of nitrogens with one attached hydrogen (secondary N) is 3. The molecule has 0 bridgehead atoms. The number of aromatic nitrogens is 3. The second-order valence-electron chi connectivity index (χ2n) is 9.57. The van der Waals surface area contributed by atoms with Crippen molar-refractivity contribution in [3.8, 4) is 5.69 Å². The van der Waals surface area contributed by atoms with Crippen molar-refractivity contribution in [2.24, 2.45) is 0 Å².